The van der Waals surface area contributed by atoms with Gasteiger partial charge in [0.05, 0.1) is 11.9 Å². The summed E-state index contributed by atoms with van der Waals surface area (Å²) in [4.78, 5) is 28.5. The van der Waals surface area contributed by atoms with Crippen LogP contribution in [0.2, 0.25) is 0 Å². The highest BCUT2D eigenvalue weighted by atomic mass is 79.9. The predicted octanol–water partition coefficient (Wildman–Crippen LogP) is 4.91. The summed E-state index contributed by atoms with van der Waals surface area (Å²) in [5.74, 6) is -0.991. The molecule has 0 unspecified atom stereocenters. The number of nitrogens with one attached hydrogen (secondary N) is 1. The molecule has 0 radical (unpaired) electrons. The first-order valence-corrected chi connectivity index (χ1v) is 15.3. The summed E-state index contributed by atoms with van der Waals surface area (Å²) >= 11 is 3.43. The van der Waals surface area contributed by atoms with Crippen LogP contribution in [0.4, 0.5) is 10.1 Å². The minimum Gasteiger partial charge on any atom is -0.355 e. The molecule has 3 aromatic rings. The molecule has 2 amide bonds. The quantitative estimate of drug-likeness (QED) is 0.295. The number of amides is 2. The van der Waals surface area contributed by atoms with E-state index < -0.39 is 21.9 Å². The summed E-state index contributed by atoms with van der Waals surface area (Å²) in [5, 5.41) is 2.86. The Kier molecular flexibility index (Phi) is 11.1. The molecule has 0 aliphatic carbocycles. The zero-order valence-corrected chi connectivity index (χ0v) is 24.4. The normalized spacial score (nSPS) is 12.0. The van der Waals surface area contributed by atoms with Crippen molar-refractivity contribution in [2.45, 2.75) is 38.8 Å². The minimum atomic E-state index is -3.66. The monoisotopic (exact) mass is 617 g/mol. The lowest BCUT2D eigenvalue weighted by Gasteiger charge is -2.32. The highest BCUT2D eigenvalue weighted by Crippen LogP contribution is 2.21. The fraction of sp³-hybridized carbons (Fsp3) is 0.310. The van der Waals surface area contributed by atoms with Crippen LogP contribution >= 0.6 is 15.9 Å². The molecule has 0 spiro atoms. The van der Waals surface area contributed by atoms with E-state index in [4.69, 9.17) is 0 Å². The number of likely N-dealkylation sites (N-methyl/N-ethyl adjacent to an activating group) is 1. The lowest BCUT2D eigenvalue weighted by molar-refractivity contribution is -0.141. The molecule has 0 aliphatic rings. The van der Waals surface area contributed by atoms with Gasteiger partial charge < -0.3 is 10.2 Å². The van der Waals surface area contributed by atoms with Crippen molar-refractivity contribution < 1.29 is 22.4 Å². The zero-order chi connectivity index (χ0) is 28.4. The van der Waals surface area contributed by atoms with E-state index in [0.717, 1.165) is 26.2 Å². The third-order valence-electron chi connectivity index (χ3n) is 6.16. The molecule has 0 aliphatic heterocycles. The van der Waals surface area contributed by atoms with Crippen LogP contribution < -0.4 is 9.62 Å². The van der Waals surface area contributed by atoms with Gasteiger partial charge in [-0.05, 0) is 60.9 Å². The van der Waals surface area contributed by atoms with Crippen molar-refractivity contribution >= 4 is 43.5 Å². The number of carbonyl (C=O) groups is 2. The van der Waals surface area contributed by atoms with Crippen molar-refractivity contribution in [2.24, 2.45) is 0 Å². The van der Waals surface area contributed by atoms with Crippen LogP contribution in [0.5, 0.6) is 0 Å². The van der Waals surface area contributed by atoms with Crippen molar-refractivity contribution in [1.82, 2.24) is 10.2 Å². The molecule has 0 fully saturated rings. The number of rotatable bonds is 13. The standard InChI is InChI=1S/C29H33BrFN3O4S/c1-3-32-29(36)27(20-22-8-5-4-6-9-22)33(21-23-11-13-24(30)14-12-23)28(35)10-7-19-34(39(2,37)38)26-17-15-25(31)16-18-26/h4-6,8-9,11-18,27H,3,7,10,19-21H2,1-2H3,(H,32,36)/t27-/m1/s1. The van der Waals surface area contributed by atoms with E-state index in [-0.39, 0.29) is 37.7 Å². The van der Waals surface area contributed by atoms with Crippen LogP contribution in [0.1, 0.15) is 30.9 Å². The number of hydrogen-bond acceptors (Lipinski definition) is 4. The van der Waals surface area contributed by atoms with Crippen LogP contribution in [-0.4, -0.2) is 50.5 Å². The molecule has 0 aromatic heterocycles. The van der Waals surface area contributed by atoms with Gasteiger partial charge in [0.25, 0.3) is 0 Å². The second kappa shape index (κ2) is 14.2. The number of benzene rings is 3. The summed E-state index contributed by atoms with van der Waals surface area (Å²) in [6, 6.07) is 21.5. The maximum absolute atomic E-state index is 13.7. The smallest absolute Gasteiger partial charge is 0.243 e. The highest BCUT2D eigenvalue weighted by Gasteiger charge is 2.30. The maximum atomic E-state index is 13.7. The molecule has 0 saturated carbocycles. The third kappa shape index (κ3) is 9.18. The average Bonchev–Trinajstić information content (AvgIpc) is 2.90. The van der Waals surface area contributed by atoms with E-state index in [9.17, 15) is 22.4 Å². The van der Waals surface area contributed by atoms with Crippen molar-refractivity contribution in [3.63, 3.8) is 0 Å². The summed E-state index contributed by atoms with van der Waals surface area (Å²) in [6.07, 6.45) is 1.64. The van der Waals surface area contributed by atoms with Crippen molar-refractivity contribution in [2.75, 3.05) is 23.7 Å². The number of carbonyl (C=O) groups excluding carboxylic acids is 2. The first-order chi connectivity index (χ1) is 18.6. The highest BCUT2D eigenvalue weighted by molar-refractivity contribution is 9.10. The SMILES string of the molecule is CCNC(=O)[C@@H](Cc1ccccc1)N(Cc1ccc(Br)cc1)C(=O)CCCN(c1ccc(F)cc1)S(C)(=O)=O. The van der Waals surface area contributed by atoms with E-state index in [2.05, 4.69) is 21.2 Å². The molecule has 10 heteroatoms. The molecule has 7 nitrogen and oxygen atoms in total. The van der Waals surface area contributed by atoms with Crippen molar-refractivity contribution in [1.29, 1.82) is 0 Å². The molecular formula is C29H33BrFN3O4S. The van der Waals surface area contributed by atoms with Gasteiger partial charge in [-0.1, -0.05) is 58.4 Å². The zero-order valence-electron chi connectivity index (χ0n) is 22.0. The van der Waals surface area contributed by atoms with Crippen LogP contribution in [0, 0.1) is 5.82 Å². The van der Waals surface area contributed by atoms with E-state index >= 15 is 0 Å². The van der Waals surface area contributed by atoms with Gasteiger partial charge in [0.2, 0.25) is 21.8 Å². The van der Waals surface area contributed by atoms with Gasteiger partial charge in [-0.2, -0.15) is 0 Å². The van der Waals surface area contributed by atoms with Gasteiger partial charge in [0, 0.05) is 36.9 Å². The summed E-state index contributed by atoms with van der Waals surface area (Å²) in [6.45, 7) is 2.50. The molecule has 3 aromatic carbocycles. The Bertz CT molecular complexity index is 1340. The Balaban J connectivity index is 1.85. The average molecular weight is 619 g/mol. The number of anilines is 1. The summed E-state index contributed by atoms with van der Waals surface area (Å²) < 4.78 is 40.3. The fourth-order valence-corrected chi connectivity index (χ4v) is 5.47. The van der Waals surface area contributed by atoms with Gasteiger partial charge in [-0.3, -0.25) is 13.9 Å². The molecule has 208 valence electrons. The van der Waals surface area contributed by atoms with E-state index in [1.54, 1.807) is 4.90 Å². The summed E-state index contributed by atoms with van der Waals surface area (Å²) in [5.41, 5.74) is 2.10. The van der Waals surface area contributed by atoms with Gasteiger partial charge in [-0.15, -0.1) is 0 Å². The molecule has 0 heterocycles. The third-order valence-corrected chi connectivity index (χ3v) is 7.88. The molecule has 3 rings (SSSR count). The molecule has 0 saturated heterocycles. The summed E-state index contributed by atoms with van der Waals surface area (Å²) in [7, 11) is -3.66. The molecular weight excluding hydrogens is 585 g/mol. The van der Waals surface area contributed by atoms with E-state index in [1.807, 2.05) is 61.5 Å². The largest absolute Gasteiger partial charge is 0.355 e. The van der Waals surface area contributed by atoms with Gasteiger partial charge in [-0.25, -0.2) is 12.8 Å². The topological polar surface area (TPSA) is 86.8 Å². The van der Waals surface area contributed by atoms with Crippen LogP contribution in [0.3, 0.4) is 0 Å². The Morgan fingerprint density at radius 1 is 0.949 bits per heavy atom. The second-order valence-electron chi connectivity index (χ2n) is 9.16. The second-order valence-corrected chi connectivity index (χ2v) is 12.0. The van der Waals surface area contributed by atoms with Crippen LogP contribution in [0.25, 0.3) is 0 Å². The molecule has 0 bridgehead atoms. The Morgan fingerprint density at radius 3 is 2.18 bits per heavy atom. The van der Waals surface area contributed by atoms with Crippen molar-refractivity contribution in [3.8, 4) is 0 Å². The van der Waals surface area contributed by atoms with E-state index in [0.29, 0.717) is 18.7 Å². The lowest BCUT2D eigenvalue weighted by atomic mass is 10.0. The molecule has 1 N–H and O–H groups in total. The Hall–Kier alpha value is -3.24. The van der Waals surface area contributed by atoms with Crippen LogP contribution in [0.15, 0.2) is 83.3 Å². The van der Waals surface area contributed by atoms with Gasteiger partial charge >= 0.3 is 0 Å². The molecule has 1 atom stereocenters. The maximum Gasteiger partial charge on any atom is 0.243 e. The number of halogens is 2. The van der Waals surface area contributed by atoms with E-state index in [1.165, 1.54) is 24.3 Å². The van der Waals surface area contributed by atoms with Crippen LogP contribution in [-0.2, 0) is 32.6 Å². The Morgan fingerprint density at radius 2 is 1.59 bits per heavy atom. The first-order valence-electron chi connectivity index (χ1n) is 12.7. The minimum absolute atomic E-state index is 0.0223. The number of nitrogens with zero attached hydrogens (tertiary/aromatic N) is 2. The molecule has 39 heavy (non-hydrogen) atoms. The Labute approximate surface area is 238 Å². The van der Waals surface area contributed by atoms with Gasteiger partial charge in [0.1, 0.15) is 11.9 Å². The number of hydrogen-bond donors (Lipinski definition) is 1. The first kappa shape index (κ1) is 30.3. The predicted molar refractivity (Wildman–Crippen MR) is 155 cm³/mol. The van der Waals surface area contributed by atoms with Gasteiger partial charge in [0.15, 0.2) is 0 Å². The number of sulfonamides is 1. The fourth-order valence-electron chi connectivity index (χ4n) is 4.24. The lowest BCUT2D eigenvalue weighted by Crippen LogP contribution is -2.50. The van der Waals surface area contributed by atoms with Crippen molar-refractivity contribution in [3.05, 3.63) is 100 Å².